The molecule has 2 heterocycles. The number of hydrogen-bond acceptors (Lipinski definition) is 4. The van der Waals surface area contributed by atoms with Gasteiger partial charge in [-0.3, -0.25) is 0 Å². The largest absolute Gasteiger partial charge is 0.490 e. The quantitative estimate of drug-likeness (QED) is 0.772. The van der Waals surface area contributed by atoms with Crippen LogP contribution in [0.2, 0.25) is 0 Å². The summed E-state index contributed by atoms with van der Waals surface area (Å²) in [5.41, 5.74) is 1.82. The summed E-state index contributed by atoms with van der Waals surface area (Å²) in [6.07, 6.45) is 8.71. The van der Waals surface area contributed by atoms with Crippen molar-refractivity contribution in [2.45, 2.75) is 25.4 Å². The SMILES string of the molecule is O=C(Nc1cccc(OC2CCC2)c1)Nc1cnn2cccnc12. The van der Waals surface area contributed by atoms with Gasteiger partial charge in [0, 0.05) is 24.1 Å². The van der Waals surface area contributed by atoms with Crippen molar-refractivity contribution < 1.29 is 9.53 Å². The van der Waals surface area contributed by atoms with Crippen LogP contribution in [0.5, 0.6) is 5.75 Å². The van der Waals surface area contributed by atoms with Crippen molar-refractivity contribution in [3.05, 3.63) is 48.9 Å². The molecule has 0 atom stereocenters. The monoisotopic (exact) mass is 323 g/mol. The number of rotatable bonds is 4. The zero-order chi connectivity index (χ0) is 16.4. The molecule has 7 heteroatoms. The molecule has 1 saturated carbocycles. The van der Waals surface area contributed by atoms with Gasteiger partial charge in [-0.15, -0.1) is 0 Å². The molecule has 0 aliphatic heterocycles. The molecule has 1 fully saturated rings. The van der Waals surface area contributed by atoms with Crippen molar-refractivity contribution in [2.24, 2.45) is 0 Å². The van der Waals surface area contributed by atoms with E-state index in [1.54, 1.807) is 29.2 Å². The highest BCUT2D eigenvalue weighted by atomic mass is 16.5. The Morgan fingerprint density at radius 3 is 3.00 bits per heavy atom. The number of aromatic nitrogens is 3. The molecule has 0 saturated heterocycles. The van der Waals surface area contributed by atoms with Gasteiger partial charge in [-0.1, -0.05) is 6.07 Å². The third kappa shape index (κ3) is 3.01. The number of anilines is 2. The maximum atomic E-state index is 12.2. The van der Waals surface area contributed by atoms with Crippen molar-refractivity contribution in [1.82, 2.24) is 14.6 Å². The van der Waals surface area contributed by atoms with Crippen molar-refractivity contribution >= 4 is 23.1 Å². The first kappa shape index (κ1) is 14.5. The molecule has 122 valence electrons. The molecule has 3 aromatic rings. The van der Waals surface area contributed by atoms with E-state index in [1.165, 1.54) is 6.42 Å². The summed E-state index contributed by atoms with van der Waals surface area (Å²) in [5.74, 6) is 0.773. The van der Waals surface area contributed by atoms with Gasteiger partial charge in [-0.2, -0.15) is 5.10 Å². The van der Waals surface area contributed by atoms with E-state index in [2.05, 4.69) is 20.7 Å². The fraction of sp³-hybridized carbons (Fsp3) is 0.235. The Labute approximate surface area is 138 Å². The van der Waals surface area contributed by atoms with E-state index in [1.807, 2.05) is 24.3 Å². The lowest BCUT2D eigenvalue weighted by Crippen LogP contribution is -2.24. The van der Waals surface area contributed by atoms with Crippen LogP contribution >= 0.6 is 0 Å². The first-order valence-corrected chi connectivity index (χ1v) is 7.91. The molecule has 2 N–H and O–H groups in total. The molecule has 0 unspecified atom stereocenters. The van der Waals surface area contributed by atoms with Crippen LogP contribution in [0, 0.1) is 0 Å². The van der Waals surface area contributed by atoms with Gasteiger partial charge < -0.3 is 15.4 Å². The number of benzene rings is 1. The molecule has 1 aliphatic rings. The fourth-order valence-electron chi connectivity index (χ4n) is 2.53. The number of fused-ring (bicyclic) bond motifs is 1. The standard InChI is InChI=1S/C17H17N5O2/c23-17(21-15-11-19-22-9-3-8-18-16(15)22)20-12-4-1-7-14(10-12)24-13-5-2-6-13/h1,3-4,7-11,13H,2,5-6H2,(H2,20,21,23). The first-order valence-electron chi connectivity index (χ1n) is 7.91. The highest BCUT2D eigenvalue weighted by molar-refractivity contribution is 6.01. The Bertz CT molecular complexity index is 872. The van der Waals surface area contributed by atoms with Gasteiger partial charge in [0.15, 0.2) is 5.65 Å². The first-order chi connectivity index (χ1) is 11.8. The minimum absolute atomic E-state index is 0.305. The molecule has 0 bridgehead atoms. The lowest BCUT2D eigenvalue weighted by atomic mass is 9.96. The summed E-state index contributed by atoms with van der Waals surface area (Å²) < 4.78 is 7.44. The maximum absolute atomic E-state index is 12.2. The Morgan fingerprint density at radius 2 is 2.17 bits per heavy atom. The average molecular weight is 323 g/mol. The van der Waals surface area contributed by atoms with Crippen molar-refractivity contribution in [1.29, 1.82) is 0 Å². The summed E-state index contributed by atoms with van der Waals surface area (Å²) >= 11 is 0. The van der Waals surface area contributed by atoms with E-state index in [-0.39, 0.29) is 6.03 Å². The smallest absolute Gasteiger partial charge is 0.323 e. The minimum Gasteiger partial charge on any atom is -0.490 e. The summed E-state index contributed by atoms with van der Waals surface area (Å²) in [4.78, 5) is 16.4. The van der Waals surface area contributed by atoms with E-state index in [0.717, 1.165) is 18.6 Å². The Hall–Kier alpha value is -3.09. The lowest BCUT2D eigenvalue weighted by molar-refractivity contribution is 0.120. The maximum Gasteiger partial charge on any atom is 0.323 e. The van der Waals surface area contributed by atoms with Crippen LogP contribution in [0.15, 0.2) is 48.9 Å². The third-order valence-electron chi connectivity index (χ3n) is 3.97. The molecule has 24 heavy (non-hydrogen) atoms. The number of carbonyl (C=O) groups excluding carboxylic acids is 1. The van der Waals surface area contributed by atoms with Crippen molar-refractivity contribution in [3.8, 4) is 5.75 Å². The zero-order valence-electron chi connectivity index (χ0n) is 13.0. The second-order valence-corrected chi connectivity index (χ2v) is 5.72. The molecule has 1 aromatic carbocycles. The van der Waals surface area contributed by atoms with E-state index < -0.39 is 0 Å². The van der Waals surface area contributed by atoms with Gasteiger partial charge in [-0.25, -0.2) is 14.3 Å². The number of urea groups is 1. The minimum atomic E-state index is -0.351. The van der Waals surface area contributed by atoms with Crippen LogP contribution in [0.3, 0.4) is 0 Å². The number of carbonyl (C=O) groups is 1. The average Bonchev–Trinajstić information content (AvgIpc) is 2.94. The number of nitrogens with one attached hydrogen (secondary N) is 2. The molecule has 0 spiro atoms. The molecule has 7 nitrogen and oxygen atoms in total. The van der Waals surface area contributed by atoms with Crippen molar-refractivity contribution in [2.75, 3.05) is 10.6 Å². The topological polar surface area (TPSA) is 80.5 Å². The second kappa shape index (κ2) is 6.19. The number of ether oxygens (including phenoxy) is 1. The summed E-state index contributed by atoms with van der Waals surface area (Å²) in [7, 11) is 0. The van der Waals surface area contributed by atoms with Crippen LogP contribution in [0.4, 0.5) is 16.2 Å². The summed E-state index contributed by atoms with van der Waals surface area (Å²) in [6, 6.07) is 8.83. The van der Waals surface area contributed by atoms with Gasteiger partial charge >= 0.3 is 6.03 Å². The normalized spacial score (nSPS) is 14.2. The van der Waals surface area contributed by atoms with Gasteiger partial charge in [0.1, 0.15) is 11.4 Å². The van der Waals surface area contributed by atoms with E-state index in [0.29, 0.717) is 23.1 Å². The summed E-state index contributed by atoms with van der Waals surface area (Å²) in [6.45, 7) is 0. The van der Waals surface area contributed by atoms with Gasteiger partial charge in [-0.05, 0) is 37.5 Å². The second-order valence-electron chi connectivity index (χ2n) is 5.72. The highest BCUT2D eigenvalue weighted by Gasteiger charge is 2.19. The predicted octanol–water partition coefficient (Wildman–Crippen LogP) is 3.30. The van der Waals surface area contributed by atoms with Gasteiger partial charge in [0.25, 0.3) is 0 Å². The van der Waals surface area contributed by atoms with Crippen LogP contribution in [0.25, 0.3) is 5.65 Å². The zero-order valence-corrected chi connectivity index (χ0v) is 13.0. The third-order valence-corrected chi connectivity index (χ3v) is 3.97. The predicted molar refractivity (Wildman–Crippen MR) is 90.3 cm³/mol. The van der Waals surface area contributed by atoms with Crippen LogP contribution in [-0.4, -0.2) is 26.7 Å². The molecule has 0 radical (unpaired) electrons. The van der Waals surface area contributed by atoms with Crippen molar-refractivity contribution in [3.63, 3.8) is 0 Å². The molecule has 4 rings (SSSR count). The van der Waals surface area contributed by atoms with Gasteiger partial charge in [0.05, 0.1) is 12.3 Å². The van der Waals surface area contributed by atoms with Crippen LogP contribution < -0.4 is 15.4 Å². The molecule has 1 aliphatic carbocycles. The van der Waals surface area contributed by atoms with E-state index in [9.17, 15) is 4.79 Å². The van der Waals surface area contributed by atoms with Gasteiger partial charge in [0.2, 0.25) is 0 Å². The number of nitrogens with zero attached hydrogens (tertiary/aromatic N) is 3. The number of amides is 2. The van der Waals surface area contributed by atoms with E-state index >= 15 is 0 Å². The van der Waals surface area contributed by atoms with Crippen LogP contribution in [0.1, 0.15) is 19.3 Å². The fourth-order valence-corrected chi connectivity index (χ4v) is 2.53. The van der Waals surface area contributed by atoms with Crippen LogP contribution in [-0.2, 0) is 0 Å². The number of hydrogen-bond donors (Lipinski definition) is 2. The highest BCUT2D eigenvalue weighted by Crippen LogP contribution is 2.26. The lowest BCUT2D eigenvalue weighted by Gasteiger charge is -2.26. The van der Waals surface area contributed by atoms with E-state index in [4.69, 9.17) is 4.74 Å². The molecular formula is C17H17N5O2. The Balaban J connectivity index is 1.43. The molecular weight excluding hydrogens is 306 g/mol. The summed E-state index contributed by atoms with van der Waals surface area (Å²) in [5, 5.41) is 9.69. The Kier molecular flexibility index (Phi) is 3.74. The Morgan fingerprint density at radius 1 is 1.25 bits per heavy atom. The molecule has 2 amide bonds. The molecule has 2 aromatic heterocycles.